The van der Waals surface area contributed by atoms with E-state index in [0.717, 1.165) is 11.8 Å². The normalized spacial score (nSPS) is 37.0. The van der Waals surface area contributed by atoms with Crippen molar-refractivity contribution in [3.63, 3.8) is 0 Å². The fraction of sp³-hybridized carbons (Fsp3) is 1.00. The molecule has 0 spiro atoms. The van der Waals surface area contributed by atoms with Crippen LogP contribution in [0.2, 0.25) is 0 Å². The quantitative estimate of drug-likeness (QED) is 0.826. The summed E-state index contributed by atoms with van der Waals surface area (Å²) in [6.07, 6.45) is 6.89. The first kappa shape index (κ1) is 14.3. The number of piperazine rings is 1. The number of hydrogen-bond donors (Lipinski definition) is 1. The van der Waals surface area contributed by atoms with E-state index in [1.807, 2.05) is 0 Å². The van der Waals surface area contributed by atoms with Gasteiger partial charge in [-0.15, -0.1) is 0 Å². The predicted octanol–water partition coefficient (Wildman–Crippen LogP) is 3.28. The van der Waals surface area contributed by atoms with Gasteiger partial charge < -0.3 is 5.32 Å². The standard InChI is InChI=1S/C16H32N2/c1-5-16(6-2)12-18(14(4)10-17-16)11-15-9-7-8-13(15)3/h13-15,17H,5-12H2,1-4H3. The van der Waals surface area contributed by atoms with Gasteiger partial charge in [-0.1, -0.05) is 33.6 Å². The van der Waals surface area contributed by atoms with E-state index in [1.54, 1.807) is 0 Å². The van der Waals surface area contributed by atoms with E-state index >= 15 is 0 Å². The Morgan fingerprint density at radius 3 is 2.44 bits per heavy atom. The molecule has 2 nitrogen and oxygen atoms in total. The molecule has 0 aromatic carbocycles. The van der Waals surface area contributed by atoms with Gasteiger partial charge in [-0.3, -0.25) is 4.90 Å². The lowest BCUT2D eigenvalue weighted by molar-refractivity contribution is 0.0622. The molecule has 1 saturated heterocycles. The summed E-state index contributed by atoms with van der Waals surface area (Å²) in [5.74, 6) is 1.90. The van der Waals surface area contributed by atoms with Gasteiger partial charge in [0.25, 0.3) is 0 Å². The van der Waals surface area contributed by atoms with Gasteiger partial charge >= 0.3 is 0 Å². The minimum absolute atomic E-state index is 0.383. The van der Waals surface area contributed by atoms with E-state index in [1.165, 1.54) is 51.7 Å². The average Bonchev–Trinajstić information content (AvgIpc) is 2.78. The third-order valence-corrected chi connectivity index (χ3v) is 5.76. The molecular weight excluding hydrogens is 220 g/mol. The molecule has 106 valence electrons. The van der Waals surface area contributed by atoms with Crippen LogP contribution >= 0.6 is 0 Å². The van der Waals surface area contributed by atoms with E-state index in [2.05, 4.69) is 37.9 Å². The van der Waals surface area contributed by atoms with Crippen LogP contribution in [0, 0.1) is 11.8 Å². The monoisotopic (exact) mass is 252 g/mol. The maximum atomic E-state index is 3.81. The van der Waals surface area contributed by atoms with Crippen LogP contribution in [0.3, 0.4) is 0 Å². The molecule has 0 amide bonds. The van der Waals surface area contributed by atoms with Gasteiger partial charge in [0.2, 0.25) is 0 Å². The largest absolute Gasteiger partial charge is 0.308 e. The minimum atomic E-state index is 0.383. The van der Waals surface area contributed by atoms with Crippen molar-refractivity contribution in [2.24, 2.45) is 11.8 Å². The molecule has 18 heavy (non-hydrogen) atoms. The van der Waals surface area contributed by atoms with E-state index < -0.39 is 0 Å². The topological polar surface area (TPSA) is 15.3 Å². The molecule has 0 radical (unpaired) electrons. The molecule has 1 N–H and O–H groups in total. The molecule has 1 aliphatic carbocycles. The fourth-order valence-corrected chi connectivity index (χ4v) is 3.86. The Balaban J connectivity index is 1.97. The molecule has 3 unspecified atom stereocenters. The van der Waals surface area contributed by atoms with Crippen LogP contribution in [0.25, 0.3) is 0 Å². The van der Waals surface area contributed by atoms with Crippen LogP contribution in [0.5, 0.6) is 0 Å². The Morgan fingerprint density at radius 1 is 1.17 bits per heavy atom. The summed E-state index contributed by atoms with van der Waals surface area (Å²) in [6.45, 7) is 13.3. The van der Waals surface area contributed by atoms with E-state index in [-0.39, 0.29) is 0 Å². The second-order valence-electron chi connectivity index (χ2n) is 6.82. The summed E-state index contributed by atoms with van der Waals surface area (Å²) in [5.41, 5.74) is 0.383. The molecule has 2 fully saturated rings. The second kappa shape index (κ2) is 5.92. The second-order valence-corrected chi connectivity index (χ2v) is 6.82. The molecule has 0 aromatic heterocycles. The molecule has 0 bridgehead atoms. The Bertz CT molecular complexity index is 260. The summed E-state index contributed by atoms with van der Waals surface area (Å²) >= 11 is 0. The summed E-state index contributed by atoms with van der Waals surface area (Å²) in [6, 6.07) is 0.712. The number of nitrogens with zero attached hydrogens (tertiary/aromatic N) is 1. The number of hydrogen-bond acceptors (Lipinski definition) is 2. The lowest BCUT2D eigenvalue weighted by atomic mass is 9.87. The zero-order chi connectivity index (χ0) is 13.2. The Labute approximate surface area is 114 Å². The van der Waals surface area contributed by atoms with Gasteiger partial charge in [0.1, 0.15) is 0 Å². The number of rotatable bonds is 4. The van der Waals surface area contributed by atoms with Crippen LogP contribution in [0.15, 0.2) is 0 Å². The fourth-order valence-electron chi connectivity index (χ4n) is 3.86. The van der Waals surface area contributed by atoms with E-state index in [9.17, 15) is 0 Å². The zero-order valence-corrected chi connectivity index (χ0v) is 12.8. The summed E-state index contributed by atoms with van der Waals surface area (Å²) < 4.78 is 0. The molecule has 3 atom stereocenters. The van der Waals surface area contributed by atoms with Gasteiger partial charge in [-0.2, -0.15) is 0 Å². The van der Waals surface area contributed by atoms with Crippen molar-refractivity contribution in [1.82, 2.24) is 10.2 Å². The first-order chi connectivity index (χ1) is 8.60. The van der Waals surface area contributed by atoms with Crippen molar-refractivity contribution in [2.75, 3.05) is 19.6 Å². The average molecular weight is 252 g/mol. The smallest absolute Gasteiger partial charge is 0.0304 e. The van der Waals surface area contributed by atoms with Gasteiger partial charge in [0.15, 0.2) is 0 Å². The highest BCUT2D eigenvalue weighted by atomic mass is 15.2. The summed E-state index contributed by atoms with van der Waals surface area (Å²) in [5, 5.41) is 3.81. The maximum absolute atomic E-state index is 3.81. The van der Waals surface area contributed by atoms with Crippen LogP contribution in [0.1, 0.15) is 59.8 Å². The van der Waals surface area contributed by atoms with Gasteiger partial charge in [0, 0.05) is 31.2 Å². The maximum Gasteiger partial charge on any atom is 0.0304 e. The van der Waals surface area contributed by atoms with E-state index in [0.29, 0.717) is 11.6 Å². The Hall–Kier alpha value is -0.0800. The molecule has 1 aliphatic heterocycles. The summed E-state index contributed by atoms with van der Waals surface area (Å²) in [7, 11) is 0. The van der Waals surface area contributed by atoms with Crippen molar-refractivity contribution >= 4 is 0 Å². The third-order valence-electron chi connectivity index (χ3n) is 5.76. The highest BCUT2D eigenvalue weighted by molar-refractivity contribution is 4.96. The van der Waals surface area contributed by atoms with Crippen LogP contribution in [0.4, 0.5) is 0 Å². The molecule has 1 saturated carbocycles. The van der Waals surface area contributed by atoms with Crippen molar-refractivity contribution in [1.29, 1.82) is 0 Å². The van der Waals surface area contributed by atoms with Crippen molar-refractivity contribution in [3.8, 4) is 0 Å². The van der Waals surface area contributed by atoms with Crippen molar-refractivity contribution in [3.05, 3.63) is 0 Å². The first-order valence-corrected chi connectivity index (χ1v) is 8.09. The lowest BCUT2D eigenvalue weighted by Gasteiger charge is -2.47. The molecule has 2 aliphatic rings. The molecule has 2 rings (SSSR count). The predicted molar refractivity (Wildman–Crippen MR) is 78.9 cm³/mol. The summed E-state index contributed by atoms with van der Waals surface area (Å²) in [4.78, 5) is 2.77. The van der Waals surface area contributed by atoms with Gasteiger partial charge in [-0.05, 0) is 38.0 Å². The molecule has 0 aromatic rings. The van der Waals surface area contributed by atoms with Crippen LogP contribution in [-0.4, -0.2) is 36.1 Å². The molecule has 1 heterocycles. The number of nitrogens with one attached hydrogen (secondary N) is 1. The highest BCUT2D eigenvalue weighted by Gasteiger charge is 2.36. The van der Waals surface area contributed by atoms with E-state index in [4.69, 9.17) is 0 Å². The third kappa shape index (κ3) is 2.91. The van der Waals surface area contributed by atoms with Crippen LogP contribution in [-0.2, 0) is 0 Å². The first-order valence-electron chi connectivity index (χ1n) is 8.09. The highest BCUT2D eigenvalue weighted by Crippen LogP contribution is 2.33. The lowest BCUT2D eigenvalue weighted by Crippen LogP contribution is -2.63. The zero-order valence-electron chi connectivity index (χ0n) is 12.8. The minimum Gasteiger partial charge on any atom is -0.308 e. The Morgan fingerprint density at radius 2 is 1.89 bits per heavy atom. The molecule has 2 heteroatoms. The Kier molecular flexibility index (Phi) is 4.71. The van der Waals surface area contributed by atoms with Gasteiger partial charge in [-0.25, -0.2) is 0 Å². The van der Waals surface area contributed by atoms with Crippen molar-refractivity contribution in [2.45, 2.75) is 71.4 Å². The van der Waals surface area contributed by atoms with Crippen molar-refractivity contribution < 1.29 is 0 Å². The van der Waals surface area contributed by atoms with Crippen LogP contribution < -0.4 is 5.32 Å². The SMILES string of the molecule is CCC1(CC)CN(CC2CCCC2C)C(C)CN1. The molecular formula is C16H32N2. The van der Waals surface area contributed by atoms with Gasteiger partial charge in [0.05, 0.1) is 0 Å².